The summed E-state index contributed by atoms with van der Waals surface area (Å²) in [6, 6.07) is 6.78. The molecule has 0 radical (unpaired) electrons. The molecule has 126 valence electrons. The first-order chi connectivity index (χ1) is 10.5. The Labute approximate surface area is 127 Å². The lowest BCUT2D eigenvalue weighted by molar-refractivity contribution is -0.197. The number of hydrogen-bond donors (Lipinski definition) is 2. The Balaban J connectivity index is 2.57. The summed E-state index contributed by atoms with van der Waals surface area (Å²) >= 11 is 0. The predicted molar refractivity (Wildman–Crippen MR) is 70.2 cm³/mol. The maximum absolute atomic E-state index is 13.3. The number of hydrogen-bond acceptors (Lipinski definition) is 3. The van der Waals surface area contributed by atoms with E-state index in [-0.39, 0.29) is 5.75 Å². The lowest BCUT2D eigenvalue weighted by atomic mass is 9.81. The van der Waals surface area contributed by atoms with Gasteiger partial charge in [-0.3, -0.25) is 0 Å². The first-order valence-corrected chi connectivity index (χ1v) is 6.30. The molecule has 2 rings (SSSR count). The highest BCUT2D eigenvalue weighted by Gasteiger charge is 2.63. The van der Waals surface area contributed by atoms with Gasteiger partial charge < -0.3 is 16.2 Å². The van der Waals surface area contributed by atoms with Gasteiger partial charge in [0.15, 0.2) is 11.6 Å². The molecule has 0 heterocycles. The van der Waals surface area contributed by atoms with Crippen LogP contribution in [0.3, 0.4) is 0 Å². The van der Waals surface area contributed by atoms with Gasteiger partial charge in [0.2, 0.25) is 0 Å². The SMILES string of the molecule is NC1=C(C(F)(F)F)C(Oc2ccccc2)C(N)(C(F)(F)F)C=C1. The van der Waals surface area contributed by atoms with Crippen molar-refractivity contribution in [3.63, 3.8) is 0 Å². The Morgan fingerprint density at radius 3 is 2.04 bits per heavy atom. The molecule has 0 saturated heterocycles. The summed E-state index contributed by atoms with van der Waals surface area (Å²) in [5, 5.41) is 0. The molecule has 0 amide bonds. The molecule has 0 saturated carbocycles. The highest BCUT2D eigenvalue weighted by Crippen LogP contribution is 2.44. The summed E-state index contributed by atoms with van der Waals surface area (Å²) in [5.74, 6) is -0.193. The summed E-state index contributed by atoms with van der Waals surface area (Å²) in [4.78, 5) is 0. The van der Waals surface area contributed by atoms with Gasteiger partial charge >= 0.3 is 12.4 Å². The number of rotatable bonds is 2. The molecule has 1 aliphatic rings. The highest BCUT2D eigenvalue weighted by atomic mass is 19.4. The monoisotopic (exact) mass is 338 g/mol. The van der Waals surface area contributed by atoms with E-state index in [0.717, 1.165) is 0 Å². The third kappa shape index (κ3) is 3.14. The van der Waals surface area contributed by atoms with Crippen molar-refractivity contribution in [2.24, 2.45) is 11.5 Å². The van der Waals surface area contributed by atoms with Crippen molar-refractivity contribution >= 4 is 0 Å². The van der Waals surface area contributed by atoms with E-state index in [9.17, 15) is 26.3 Å². The van der Waals surface area contributed by atoms with Crippen molar-refractivity contribution in [2.45, 2.75) is 24.0 Å². The quantitative estimate of drug-likeness (QED) is 0.815. The number of benzene rings is 1. The Bertz CT molecular complexity index is 635. The van der Waals surface area contributed by atoms with E-state index < -0.39 is 35.3 Å². The molecular formula is C14H12F6N2O. The van der Waals surface area contributed by atoms with Crippen LogP contribution in [0.25, 0.3) is 0 Å². The Hall–Kier alpha value is -2.16. The number of halogens is 6. The van der Waals surface area contributed by atoms with Gasteiger partial charge in [-0.15, -0.1) is 0 Å². The molecule has 2 atom stereocenters. The van der Waals surface area contributed by atoms with E-state index in [2.05, 4.69) is 0 Å². The molecule has 2 unspecified atom stereocenters. The van der Waals surface area contributed by atoms with Crippen LogP contribution < -0.4 is 16.2 Å². The molecule has 0 aromatic heterocycles. The maximum atomic E-state index is 13.3. The normalized spacial score (nSPS) is 25.6. The molecule has 0 bridgehead atoms. The van der Waals surface area contributed by atoms with Crippen LogP contribution in [-0.4, -0.2) is 24.0 Å². The maximum Gasteiger partial charge on any atom is 0.418 e. The number of para-hydroxylation sites is 1. The lowest BCUT2D eigenvalue weighted by Crippen LogP contribution is -2.65. The Kier molecular flexibility index (Phi) is 4.10. The fourth-order valence-corrected chi connectivity index (χ4v) is 2.14. The number of alkyl halides is 6. The zero-order chi connectivity index (χ0) is 17.5. The van der Waals surface area contributed by atoms with Crippen LogP contribution in [-0.2, 0) is 0 Å². The van der Waals surface area contributed by atoms with E-state index in [4.69, 9.17) is 16.2 Å². The fraction of sp³-hybridized carbons (Fsp3) is 0.286. The van der Waals surface area contributed by atoms with Crippen molar-refractivity contribution < 1.29 is 31.1 Å². The molecule has 0 aliphatic heterocycles. The molecule has 0 spiro atoms. The summed E-state index contributed by atoms with van der Waals surface area (Å²) in [6.07, 6.45) is -12.0. The summed E-state index contributed by atoms with van der Waals surface area (Å²) in [5.41, 5.74) is 4.60. The van der Waals surface area contributed by atoms with E-state index in [1.54, 1.807) is 0 Å². The van der Waals surface area contributed by atoms with E-state index in [1.807, 2.05) is 0 Å². The van der Waals surface area contributed by atoms with Gasteiger partial charge in [0.1, 0.15) is 5.75 Å². The first kappa shape index (κ1) is 17.2. The van der Waals surface area contributed by atoms with Crippen molar-refractivity contribution in [3.8, 4) is 5.75 Å². The zero-order valence-electron chi connectivity index (χ0n) is 11.4. The molecule has 3 nitrogen and oxygen atoms in total. The van der Waals surface area contributed by atoms with Gasteiger partial charge in [-0.2, -0.15) is 26.3 Å². The van der Waals surface area contributed by atoms with Gasteiger partial charge in [0, 0.05) is 5.70 Å². The van der Waals surface area contributed by atoms with Crippen LogP contribution in [0, 0.1) is 0 Å². The van der Waals surface area contributed by atoms with Crippen molar-refractivity contribution in [1.29, 1.82) is 0 Å². The third-order valence-electron chi connectivity index (χ3n) is 3.34. The zero-order valence-corrected chi connectivity index (χ0v) is 11.4. The minimum Gasteiger partial charge on any atom is -0.483 e. The first-order valence-electron chi connectivity index (χ1n) is 6.30. The summed E-state index contributed by atoms with van der Waals surface area (Å²) in [6.45, 7) is 0. The minimum atomic E-state index is -5.18. The van der Waals surface area contributed by atoms with Crippen LogP contribution in [0.1, 0.15) is 0 Å². The topological polar surface area (TPSA) is 61.3 Å². The van der Waals surface area contributed by atoms with Crippen LogP contribution in [0.2, 0.25) is 0 Å². The average Bonchev–Trinajstić information content (AvgIpc) is 2.41. The number of allylic oxidation sites excluding steroid dienone is 1. The fourth-order valence-electron chi connectivity index (χ4n) is 2.14. The molecule has 23 heavy (non-hydrogen) atoms. The van der Waals surface area contributed by atoms with Gasteiger partial charge in [0.05, 0.1) is 5.57 Å². The smallest absolute Gasteiger partial charge is 0.418 e. The molecule has 9 heteroatoms. The minimum absolute atomic E-state index is 0.193. The van der Waals surface area contributed by atoms with Crippen LogP contribution in [0.15, 0.2) is 53.8 Å². The highest BCUT2D eigenvalue weighted by molar-refractivity contribution is 5.43. The molecular weight excluding hydrogens is 326 g/mol. The van der Waals surface area contributed by atoms with E-state index >= 15 is 0 Å². The second-order valence-electron chi connectivity index (χ2n) is 4.94. The lowest BCUT2D eigenvalue weighted by Gasteiger charge is -2.40. The predicted octanol–water partition coefficient (Wildman–Crippen LogP) is 3.04. The van der Waals surface area contributed by atoms with Crippen molar-refractivity contribution in [2.75, 3.05) is 0 Å². The van der Waals surface area contributed by atoms with Crippen LogP contribution in [0.4, 0.5) is 26.3 Å². The second kappa shape index (κ2) is 5.48. The van der Waals surface area contributed by atoms with E-state index in [0.29, 0.717) is 12.2 Å². The molecule has 1 aromatic carbocycles. The van der Waals surface area contributed by atoms with Crippen molar-refractivity contribution in [1.82, 2.24) is 0 Å². The Morgan fingerprint density at radius 1 is 1.00 bits per heavy atom. The number of nitrogens with two attached hydrogens (primary N) is 2. The van der Waals surface area contributed by atoms with Gasteiger partial charge in [-0.05, 0) is 24.3 Å². The molecule has 1 aliphatic carbocycles. The van der Waals surface area contributed by atoms with Gasteiger partial charge in [-0.25, -0.2) is 0 Å². The Morgan fingerprint density at radius 2 is 1.57 bits per heavy atom. The number of ether oxygens (including phenoxy) is 1. The third-order valence-corrected chi connectivity index (χ3v) is 3.34. The summed E-state index contributed by atoms with van der Waals surface area (Å²) in [7, 11) is 0. The van der Waals surface area contributed by atoms with Crippen molar-refractivity contribution in [3.05, 3.63) is 53.8 Å². The average molecular weight is 338 g/mol. The standard InChI is InChI=1S/C14H12F6N2O/c15-13(16,17)10-9(21)6-7-12(22,14(18,19)20)11(10)23-8-4-2-1-3-5-8/h1-7,11H,21-22H2. The molecule has 1 aromatic rings. The van der Waals surface area contributed by atoms with Crippen LogP contribution >= 0.6 is 0 Å². The van der Waals surface area contributed by atoms with E-state index in [1.165, 1.54) is 30.3 Å². The second-order valence-corrected chi connectivity index (χ2v) is 4.94. The molecule has 0 fully saturated rings. The largest absolute Gasteiger partial charge is 0.483 e. The molecule has 4 N–H and O–H groups in total. The van der Waals surface area contributed by atoms with Gasteiger partial charge in [0.25, 0.3) is 0 Å². The van der Waals surface area contributed by atoms with Crippen LogP contribution in [0.5, 0.6) is 5.75 Å². The summed E-state index contributed by atoms with van der Waals surface area (Å²) < 4.78 is 84.4. The van der Waals surface area contributed by atoms with Gasteiger partial charge in [-0.1, -0.05) is 18.2 Å².